The molecule has 30 heavy (non-hydrogen) atoms. The van der Waals surface area contributed by atoms with E-state index in [4.69, 9.17) is 23.2 Å². The average molecular weight is 441 g/mol. The minimum absolute atomic E-state index is 0.278. The Morgan fingerprint density at radius 1 is 1.00 bits per heavy atom. The molecule has 3 N–H and O–H groups in total. The van der Waals surface area contributed by atoms with Crippen LogP contribution >= 0.6 is 23.2 Å². The van der Waals surface area contributed by atoms with Crippen LogP contribution in [0.5, 0.6) is 0 Å². The van der Waals surface area contributed by atoms with Crippen molar-refractivity contribution in [3.05, 3.63) is 87.2 Å². The third-order valence-electron chi connectivity index (χ3n) is 5.49. The lowest BCUT2D eigenvalue weighted by atomic mass is 10.1. The lowest BCUT2D eigenvalue weighted by Crippen LogP contribution is -2.29. The van der Waals surface area contributed by atoms with Crippen molar-refractivity contribution in [2.45, 2.75) is 25.4 Å². The Bertz CT molecular complexity index is 1190. The molecular formula is C23H19Cl2FN4. The quantitative estimate of drug-likeness (QED) is 0.356. The number of imidazole rings is 1. The summed E-state index contributed by atoms with van der Waals surface area (Å²) in [6.07, 6.45) is 1.94. The molecule has 1 heterocycles. The Morgan fingerprint density at radius 3 is 2.40 bits per heavy atom. The molecule has 4 aromatic rings. The third kappa shape index (κ3) is 3.76. The number of nitrogens with zero attached hydrogens (tertiary/aromatic N) is 1. The molecule has 0 atom stereocenters. The van der Waals surface area contributed by atoms with Gasteiger partial charge in [-0.05, 0) is 42.2 Å². The fourth-order valence-electron chi connectivity index (χ4n) is 3.96. The lowest BCUT2D eigenvalue weighted by molar-refractivity contribution is 0.516. The number of H-pyrrole nitrogens is 1. The standard InChI is InChI=1S/C23H19Cl2FN4/c24-17-6-3-7-18(25)22(17)30-23-28-20-10-15(19(26)11-21(20)29-23)12-27-16-8-13-4-1-2-5-14(13)9-16/h1-7,10-11,16,27H,8-9,12H2,(H2,28,29,30). The van der Waals surface area contributed by atoms with E-state index in [-0.39, 0.29) is 5.82 Å². The number of anilines is 2. The zero-order valence-electron chi connectivity index (χ0n) is 16.0. The van der Waals surface area contributed by atoms with E-state index in [1.807, 2.05) is 0 Å². The number of aromatic amines is 1. The van der Waals surface area contributed by atoms with Gasteiger partial charge in [-0.15, -0.1) is 0 Å². The first-order chi connectivity index (χ1) is 14.6. The summed E-state index contributed by atoms with van der Waals surface area (Å²) in [5, 5.41) is 7.54. The molecule has 1 aliphatic carbocycles. The fraction of sp³-hybridized carbons (Fsp3) is 0.174. The van der Waals surface area contributed by atoms with Gasteiger partial charge in [-0.25, -0.2) is 9.37 Å². The molecule has 1 aliphatic rings. The second-order valence-corrected chi connectivity index (χ2v) is 8.34. The van der Waals surface area contributed by atoms with Crippen LogP contribution < -0.4 is 10.6 Å². The van der Waals surface area contributed by atoms with E-state index in [0.29, 0.717) is 45.3 Å². The van der Waals surface area contributed by atoms with Crippen molar-refractivity contribution in [3.63, 3.8) is 0 Å². The average Bonchev–Trinajstić information content (AvgIpc) is 3.31. The molecular weight excluding hydrogens is 422 g/mol. The van der Waals surface area contributed by atoms with Gasteiger partial charge in [-0.1, -0.05) is 53.5 Å². The smallest absolute Gasteiger partial charge is 0.205 e. The second kappa shape index (κ2) is 7.91. The predicted octanol–water partition coefficient (Wildman–Crippen LogP) is 6.01. The number of rotatable bonds is 5. The number of nitrogens with one attached hydrogen (secondary N) is 3. The minimum Gasteiger partial charge on any atom is -0.324 e. The summed E-state index contributed by atoms with van der Waals surface area (Å²) in [4.78, 5) is 7.59. The molecule has 0 spiro atoms. The van der Waals surface area contributed by atoms with E-state index in [1.165, 1.54) is 17.2 Å². The maximum atomic E-state index is 14.7. The highest BCUT2D eigenvalue weighted by atomic mass is 35.5. The fourth-order valence-corrected chi connectivity index (χ4v) is 4.46. The van der Waals surface area contributed by atoms with Crippen molar-refractivity contribution >= 4 is 45.9 Å². The normalized spacial score (nSPS) is 13.7. The second-order valence-electron chi connectivity index (χ2n) is 7.52. The van der Waals surface area contributed by atoms with E-state index in [2.05, 4.69) is 44.9 Å². The molecule has 0 amide bonds. The summed E-state index contributed by atoms with van der Waals surface area (Å²) in [5.74, 6) is 0.176. The SMILES string of the molecule is Fc1cc2nc(Nc3c(Cl)cccc3Cl)[nH]c2cc1CNC1Cc2ccccc2C1. The first-order valence-corrected chi connectivity index (χ1v) is 10.5. The Balaban J connectivity index is 1.33. The molecule has 0 radical (unpaired) electrons. The van der Waals surface area contributed by atoms with Gasteiger partial charge in [-0.3, -0.25) is 0 Å². The molecule has 3 aromatic carbocycles. The maximum Gasteiger partial charge on any atom is 0.205 e. The van der Waals surface area contributed by atoms with E-state index in [1.54, 1.807) is 24.3 Å². The van der Waals surface area contributed by atoms with Crippen LogP contribution in [-0.4, -0.2) is 16.0 Å². The van der Waals surface area contributed by atoms with Crippen LogP contribution in [0.1, 0.15) is 16.7 Å². The highest BCUT2D eigenvalue weighted by Gasteiger charge is 2.21. The number of hydrogen-bond acceptors (Lipinski definition) is 3. The van der Waals surface area contributed by atoms with Gasteiger partial charge in [0.15, 0.2) is 0 Å². The van der Waals surface area contributed by atoms with Gasteiger partial charge in [0.1, 0.15) is 5.82 Å². The summed E-state index contributed by atoms with van der Waals surface area (Å²) >= 11 is 12.4. The van der Waals surface area contributed by atoms with Crippen molar-refractivity contribution < 1.29 is 4.39 Å². The summed E-state index contributed by atoms with van der Waals surface area (Å²) < 4.78 is 14.7. The molecule has 0 saturated carbocycles. The van der Waals surface area contributed by atoms with Crippen LogP contribution in [0.4, 0.5) is 16.0 Å². The van der Waals surface area contributed by atoms with Crippen LogP contribution in [0, 0.1) is 5.82 Å². The van der Waals surface area contributed by atoms with Crippen LogP contribution in [0.25, 0.3) is 11.0 Å². The van der Waals surface area contributed by atoms with E-state index in [9.17, 15) is 4.39 Å². The Kier molecular flexibility index (Phi) is 5.11. The first-order valence-electron chi connectivity index (χ1n) is 9.76. The highest BCUT2D eigenvalue weighted by molar-refractivity contribution is 6.39. The van der Waals surface area contributed by atoms with Gasteiger partial charge in [-0.2, -0.15) is 0 Å². The van der Waals surface area contributed by atoms with E-state index in [0.717, 1.165) is 18.4 Å². The van der Waals surface area contributed by atoms with Gasteiger partial charge in [0.05, 0.1) is 26.8 Å². The minimum atomic E-state index is -0.278. The van der Waals surface area contributed by atoms with Crippen molar-refractivity contribution in [2.24, 2.45) is 0 Å². The molecule has 0 fully saturated rings. The molecule has 0 bridgehead atoms. The van der Waals surface area contributed by atoms with Gasteiger partial charge in [0.2, 0.25) is 5.95 Å². The van der Waals surface area contributed by atoms with Crippen LogP contribution in [0.15, 0.2) is 54.6 Å². The van der Waals surface area contributed by atoms with E-state index >= 15 is 0 Å². The van der Waals surface area contributed by atoms with Gasteiger partial charge >= 0.3 is 0 Å². The van der Waals surface area contributed by atoms with Crippen LogP contribution in [0.2, 0.25) is 10.0 Å². The molecule has 7 heteroatoms. The number of para-hydroxylation sites is 1. The number of halogens is 3. The zero-order valence-corrected chi connectivity index (χ0v) is 17.5. The third-order valence-corrected chi connectivity index (χ3v) is 6.12. The Hall–Kier alpha value is -2.60. The maximum absolute atomic E-state index is 14.7. The van der Waals surface area contributed by atoms with Gasteiger partial charge < -0.3 is 15.6 Å². The molecule has 152 valence electrons. The number of fused-ring (bicyclic) bond motifs is 2. The number of aromatic nitrogens is 2. The predicted molar refractivity (Wildman–Crippen MR) is 120 cm³/mol. The number of benzene rings is 3. The topological polar surface area (TPSA) is 52.7 Å². The lowest BCUT2D eigenvalue weighted by Gasteiger charge is -2.12. The van der Waals surface area contributed by atoms with Gasteiger partial charge in [0.25, 0.3) is 0 Å². The zero-order chi connectivity index (χ0) is 20.7. The molecule has 0 saturated heterocycles. The highest BCUT2D eigenvalue weighted by Crippen LogP contribution is 2.32. The summed E-state index contributed by atoms with van der Waals surface area (Å²) in [5.41, 5.74) is 5.18. The van der Waals surface area contributed by atoms with E-state index < -0.39 is 0 Å². The Morgan fingerprint density at radius 2 is 1.70 bits per heavy atom. The van der Waals surface area contributed by atoms with Crippen molar-refractivity contribution in [3.8, 4) is 0 Å². The number of hydrogen-bond donors (Lipinski definition) is 3. The first kappa shape index (κ1) is 19.4. The largest absolute Gasteiger partial charge is 0.324 e. The van der Waals surface area contributed by atoms with Crippen molar-refractivity contribution in [1.29, 1.82) is 0 Å². The molecule has 0 unspecified atom stereocenters. The molecule has 1 aromatic heterocycles. The summed E-state index contributed by atoms with van der Waals surface area (Å²) in [7, 11) is 0. The summed E-state index contributed by atoms with van der Waals surface area (Å²) in [6, 6.07) is 17.3. The van der Waals surface area contributed by atoms with Crippen LogP contribution in [0.3, 0.4) is 0 Å². The summed E-state index contributed by atoms with van der Waals surface area (Å²) in [6.45, 7) is 0.457. The monoisotopic (exact) mass is 440 g/mol. The Labute approximate surface area is 183 Å². The van der Waals surface area contributed by atoms with Gasteiger partial charge in [0, 0.05) is 24.2 Å². The molecule has 0 aliphatic heterocycles. The molecule has 4 nitrogen and oxygen atoms in total. The molecule has 5 rings (SSSR count). The van der Waals surface area contributed by atoms with Crippen molar-refractivity contribution in [1.82, 2.24) is 15.3 Å². The van der Waals surface area contributed by atoms with Crippen molar-refractivity contribution in [2.75, 3.05) is 5.32 Å². The van der Waals surface area contributed by atoms with Crippen LogP contribution in [-0.2, 0) is 19.4 Å².